The number of nitrogens with zero attached hydrogens (tertiary/aromatic N) is 1. The molecule has 1 aliphatic rings. The van der Waals surface area contributed by atoms with Crippen molar-refractivity contribution < 1.29 is 0 Å². The molecule has 0 atom stereocenters. The predicted octanol–water partition coefficient (Wildman–Crippen LogP) is 2.96. The fourth-order valence-corrected chi connectivity index (χ4v) is 2.52. The van der Waals surface area contributed by atoms with Crippen molar-refractivity contribution in [2.75, 3.05) is 0 Å². The topological polar surface area (TPSA) is 40.7 Å². The minimum atomic E-state index is 0.536. The van der Waals surface area contributed by atoms with Crippen LogP contribution in [0.2, 0.25) is 0 Å². The molecular formula is C13H23N3. The lowest BCUT2D eigenvalue weighted by atomic mass is 9.85. The molecule has 0 saturated heterocycles. The summed E-state index contributed by atoms with van der Waals surface area (Å²) in [7, 11) is 0. The van der Waals surface area contributed by atoms with Gasteiger partial charge in [-0.25, -0.2) is 0 Å². The second-order valence-corrected chi connectivity index (χ2v) is 5.18. The summed E-state index contributed by atoms with van der Waals surface area (Å²) < 4.78 is 0. The molecule has 0 aromatic carbocycles. The molecule has 90 valence electrons. The number of aromatic amines is 1. The van der Waals surface area contributed by atoms with E-state index in [1.165, 1.54) is 43.4 Å². The van der Waals surface area contributed by atoms with Crippen LogP contribution in [0.3, 0.4) is 0 Å². The summed E-state index contributed by atoms with van der Waals surface area (Å²) >= 11 is 0. The maximum atomic E-state index is 4.21. The third kappa shape index (κ3) is 2.85. The molecule has 0 amide bonds. The molecule has 3 nitrogen and oxygen atoms in total. The molecule has 1 aromatic rings. The summed E-state index contributed by atoms with van der Waals surface area (Å²) in [5, 5.41) is 10.9. The van der Waals surface area contributed by atoms with Crippen LogP contribution < -0.4 is 5.32 Å². The first-order chi connectivity index (χ1) is 7.77. The minimum Gasteiger partial charge on any atom is -0.310 e. The van der Waals surface area contributed by atoms with E-state index in [1.54, 1.807) is 0 Å². The van der Waals surface area contributed by atoms with Gasteiger partial charge in [-0.3, -0.25) is 5.10 Å². The Hall–Kier alpha value is -0.830. The van der Waals surface area contributed by atoms with E-state index >= 15 is 0 Å². The summed E-state index contributed by atoms with van der Waals surface area (Å²) in [5.74, 6) is 0.722. The summed E-state index contributed by atoms with van der Waals surface area (Å²) in [6.45, 7) is 5.31. The van der Waals surface area contributed by atoms with Gasteiger partial charge in [0.1, 0.15) is 0 Å². The first-order valence-corrected chi connectivity index (χ1v) is 6.53. The van der Waals surface area contributed by atoms with Gasteiger partial charge < -0.3 is 5.32 Å². The van der Waals surface area contributed by atoms with Gasteiger partial charge in [-0.2, -0.15) is 5.10 Å². The van der Waals surface area contributed by atoms with Gasteiger partial charge in [0.05, 0.1) is 6.20 Å². The number of hydrogen-bond acceptors (Lipinski definition) is 2. The number of H-pyrrole nitrogens is 1. The molecule has 1 heterocycles. The smallest absolute Gasteiger partial charge is 0.0535 e. The van der Waals surface area contributed by atoms with Crippen molar-refractivity contribution in [3.63, 3.8) is 0 Å². The molecule has 0 unspecified atom stereocenters. The van der Waals surface area contributed by atoms with Gasteiger partial charge in [-0.15, -0.1) is 0 Å². The quantitative estimate of drug-likeness (QED) is 0.820. The molecule has 16 heavy (non-hydrogen) atoms. The number of rotatable bonds is 4. The Bertz CT molecular complexity index is 311. The van der Waals surface area contributed by atoms with Crippen molar-refractivity contribution in [2.45, 2.75) is 64.5 Å². The van der Waals surface area contributed by atoms with Crippen molar-refractivity contribution >= 4 is 0 Å². The molecule has 1 saturated carbocycles. The Balaban J connectivity index is 2.00. The average Bonchev–Trinajstić information content (AvgIpc) is 2.75. The van der Waals surface area contributed by atoms with Crippen LogP contribution in [-0.2, 0) is 6.54 Å². The van der Waals surface area contributed by atoms with Crippen molar-refractivity contribution in [1.82, 2.24) is 15.5 Å². The SMILES string of the molecule is CC(C)NCc1cn[nH]c1C1CCCCC1. The van der Waals surface area contributed by atoms with E-state index in [0.29, 0.717) is 6.04 Å². The van der Waals surface area contributed by atoms with E-state index < -0.39 is 0 Å². The number of hydrogen-bond donors (Lipinski definition) is 2. The van der Waals surface area contributed by atoms with Gasteiger partial charge in [0, 0.05) is 29.8 Å². The molecule has 0 radical (unpaired) electrons. The summed E-state index contributed by atoms with van der Waals surface area (Å²) in [6, 6.07) is 0.536. The zero-order chi connectivity index (χ0) is 11.4. The normalized spacial score (nSPS) is 18.2. The van der Waals surface area contributed by atoms with Gasteiger partial charge in [0.2, 0.25) is 0 Å². The van der Waals surface area contributed by atoms with Crippen LogP contribution in [0.15, 0.2) is 6.20 Å². The molecule has 2 N–H and O–H groups in total. The summed E-state index contributed by atoms with van der Waals surface area (Å²) in [6.07, 6.45) is 8.80. The largest absolute Gasteiger partial charge is 0.310 e. The van der Waals surface area contributed by atoms with Gasteiger partial charge in [-0.05, 0) is 12.8 Å². The van der Waals surface area contributed by atoms with Crippen molar-refractivity contribution in [3.8, 4) is 0 Å². The number of nitrogens with one attached hydrogen (secondary N) is 2. The highest BCUT2D eigenvalue weighted by Gasteiger charge is 2.19. The zero-order valence-electron chi connectivity index (χ0n) is 10.4. The first-order valence-electron chi connectivity index (χ1n) is 6.53. The van der Waals surface area contributed by atoms with E-state index in [9.17, 15) is 0 Å². The van der Waals surface area contributed by atoms with Crippen molar-refractivity contribution in [3.05, 3.63) is 17.5 Å². The van der Waals surface area contributed by atoms with Gasteiger partial charge in [0.25, 0.3) is 0 Å². The van der Waals surface area contributed by atoms with Crippen LogP contribution in [0.1, 0.15) is 63.1 Å². The lowest BCUT2D eigenvalue weighted by molar-refractivity contribution is 0.432. The number of aromatic nitrogens is 2. The van der Waals surface area contributed by atoms with Crippen LogP contribution in [0, 0.1) is 0 Å². The van der Waals surface area contributed by atoms with E-state index in [4.69, 9.17) is 0 Å². The Labute approximate surface area is 98.0 Å². The lowest BCUT2D eigenvalue weighted by Gasteiger charge is -2.21. The zero-order valence-corrected chi connectivity index (χ0v) is 10.4. The van der Waals surface area contributed by atoms with E-state index in [2.05, 4.69) is 29.4 Å². The van der Waals surface area contributed by atoms with Crippen molar-refractivity contribution in [1.29, 1.82) is 0 Å². The van der Waals surface area contributed by atoms with Crippen LogP contribution in [0.5, 0.6) is 0 Å². The second-order valence-electron chi connectivity index (χ2n) is 5.18. The highest BCUT2D eigenvalue weighted by atomic mass is 15.1. The Morgan fingerprint density at radius 1 is 1.38 bits per heavy atom. The standard InChI is InChI=1S/C13H23N3/c1-10(2)14-8-12-9-15-16-13(12)11-6-4-3-5-7-11/h9-11,14H,3-8H2,1-2H3,(H,15,16). The molecule has 1 aliphatic carbocycles. The average molecular weight is 221 g/mol. The minimum absolute atomic E-state index is 0.536. The maximum absolute atomic E-state index is 4.21. The van der Waals surface area contributed by atoms with E-state index in [-0.39, 0.29) is 0 Å². The van der Waals surface area contributed by atoms with E-state index in [1.807, 2.05) is 6.20 Å². The maximum Gasteiger partial charge on any atom is 0.0535 e. The van der Waals surface area contributed by atoms with E-state index in [0.717, 1.165) is 12.5 Å². The van der Waals surface area contributed by atoms with Crippen LogP contribution in [0.25, 0.3) is 0 Å². The fraction of sp³-hybridized carbons (Fsp3) is 0.769. The van der Waals surface area contributed by atoms with Crippen LogP contribution in [-0.4, -0.2) is 16.2 Å². The summed E-state index contributed by atoms with van der Waals surface area (Å²) in [5.41, 5.74) is 2.74. The van der Waals surface area contributed by atoms with Crippen molar-refractivity contribution in [2.24, 2.45) is 0 Å². The highest BCUT2D eigenvalue weighted by molar-refractivity contribution is 5.20. The first kappa shape index (κ1) is 11.6. The third-order valence-corrected chi connectivity index (χ3v) is 3.47. The van der Waals surface area contributed by atoms with Gasteiger partial charge in [-0.1, -0.05) is 33.1 Å². The third-order valence-electron chi connectivity index (χ3n) is 3.47. The van der Waals surface area contributed by atoms with Gasteiger partial charge >= 0.3 is 0 Å². The monoisotopic (exact) mass is 221 g/mol. The molecule has 0 bridgehead atoms. The van der Waals surface area contributed by atoms with Gasteiger partial charge in [0.15, 0.2) is 0 Å². The molecule has 1 fully saturated rings. The Kier molecular flexibility index (Phi) is 3.99. The molecule has 1 aromatic heterocycles. The summed E-state index contributed by atoms with van der Waals surface area (Å²) in [4.78, 5) is 0. The lowest BCUT2D eigenvalue weighted by Crippen LogP contribution is -2.22. The molecule has 0 aliphatic heterocycles. The highest BCUT2D eigenvalue weighted by Crippen LogP contribution is 2.32. The Morgan fingerprint density at radius 2 is 2.12 bits per heavy atom. The molecule has 0 spiro atoms. The Morgan fingerprint density at radius 3 is 2.81 bits per heavy atom. The molecule has 2 rings (SSSR count). The predicted molar refractivity (Wildman–Crippen MR) is 66.4 cm³/mol. The second kappa shape index (κ2) is 5.48. The molecular weight excluding hydrogens is 198 g/mol. The van der Waals surface area contributed by atoms with Crippen LogP contribution in [0.4, 0.5) is 0 Å². The molecule has 3 heteroatoms. The fourth-order valence-electron chi connectivity index (χ4n) is 2.52. The van der Waals surface area contributed by atoms with Crippen LogP contribution >= 0.6 is 0 Å².